The highest BCUT2D eigenvalue weighted by Gasteiger charge is 2.18. The standard InChI is InChI=1S/C19H22N2O5S2/c1-14-7-9-17(10-8-14)28(24,25)21-19(23)20-16-6-4-5-15(13-16)18(22)26-11-2-3-12-27/h4-10,13,27H,2-3,11-12H2,1H3,(H2,20,21,23). The molecule has 0 aliphatic heterocycles. The van der Waals surface area contributed by atoms with Crippen LogP contribution in [0, 0.1) is 6.92 Å². The molecule has 0 atom stereocenters. The van der Waals surface area contributed by atoms with E-state index >= 15 is 0 Å². The van der Waals surface area contributed by atoms with E-state index in [1.54, 1.807) is 24.3 Å². The predicted molar refractivity (Wildman–Crippen MR) is 110 cm³/mol. The van der Waals surface area contributed by atoms with Crippen LogP contribution in [0.2, 0.25) is 0 Å². The van der Waals surface area contributed by atoms with Gasteiger partial charge >= 0.3 is 12.0 Å². The molecule has 2 rings (SSSR count). The van der Waals surface area contributed by atoms with Gasteiger partial charge in [-0.3, -0.25) is 0 Å². The Hall–Kier alpha value is -2.52. The lowest BCUT2D eigenvalue weighted by Gasteiger charge is -2.10. The van der Waals surface area contributed by atoms with Crippen molar-refractivity contribution in [3.8, 4) is 0 Å². The van der Waals surface area contributed by atoms with Crippen LogP contribution in [0.3, 0.4) is 0 Å². The van der Waals surface area contributed by atoms with E-state index in [-0.39, 0.29) is 22.8 Å². The summed E-state index contributed by atoms with van der Waals surface area (Å²) in [6.45, 7) is 2.11. The Balaban J connectivity index is 1.98. The van der Waals surface area contributed by atoms with E-state index in [1.807, 2.05) is 11.6 Å². The summed E-state index contributed by atoms with van der Waals surface area (Å²) in [6.07, 6.45) is 1.56. The first-order valence-corrected chi connectivity index (χ1v) is 10.7. The first-order chi connectivity index (χ1) is 13.3. The largest absolute Gasteiger partial charge is 0.462 e. The second kappa shape index (κ2) is 10.1. The van der Waals surface area contributed by atoms with Crippen LogP contribution in [0.4, 0.5) is 10.5 Å². The van der Waals surface area contributed by atoms with Gasteiger partial charge in [-0.2, -0.15) is 12.6 Å². The number of urea groups is 1. The molecule has 150 valence electrons. The van der Waals surface area contributed by atoms with Crippen LogP contribution >= 0.6 is 12.6 Å². The van der Waals surface area contributed by atoms with Gasteiger partial charge < -0.3 is 10.1 Å². The SMILES string of the molecule is Cc1ccc(S(=O)(=O)NC(=O)Nc2cccc(C(=O)OCCCCS)c2)cc1. The zero-order valence-electron chi connectivity index (χ0n) is 15.3. The van der Waals surface area contributed by atoms with Gasteiger partial charge in [0.15, 0.2) is 0 Å². The maximum Gasteiger partial charge on any atom is 0.338 e. The van der Waals surface area contributed by atoms with Crippen LogP contribution in [0.5, 0.6) is 0 Å². The maximum atomic E-state index is 12.2. The number of nitrogens with one attached hydrogen (secondary N) is 2. The van der Waals surface area contributed by atoms with Gasteiger partial charge in [0.25, 0.3) is 10.0 Å². The summed E-state index contributed by atoms with van der Waals surface area (Å²) in [5, 5.41) is 2.40. The minimum atomic E-state index is -4.00. The average molecular weight is 423 g/mol. The van der Waals surface area contributed by atoms with Crippen LogP contribution in [-0.4, -0.2) is 32.8 Å². The number of carbonyl (C=O) groups is 2. The zero-order chi connectivity index (χ0) is 20.6. The summed E-state index contributed by atoms with van der Waals surface area (Å²) in [7, 11) is -4.00. The number of amides is 2. The number of hydrogen-bond donors (Lipinski definition) is 3. The number of sulfonamides is 1. The summed E-state index contributed by atoms with van der Waals surface area (Å²) < 4.78 is 31.6. The smallest absolute Gasteiger partial charge is 0.338 e. The van der Waals surface area contributed by atoms with Crippen LogP contribution < -0.4 is 10.0 Å². The molecular weight excluding hydrogens is 400 g/mol. The van der Waals surface area contributed by atoms with Gasteiger partial charge in [0.1, 0.15) is 0 Å². The topological polar surface area (TPSA) is 102 Å². The molecule has 0 radical (unpaired) electrons. The zero-order valence-corrected chi connectivity index (χ0v) is 17.1. The normalized spacial score (nSPS) is 10.9. The van der Waals surface area contributed by atoms with Crippen molar-refractivity contribution in [3.05, 3.63) is 59.7 Å². The highest BCUT2D eigenvalue weighted by atomic mass is 32.2. The number of carbonyl (C=O) groups excluding carboxylic acids is 2. The molecule has 0 fully saturated rings. The van der Waals surface area contributed by atoms with Crippen molar-refractivity contribution in [3.63, 3.8) is 0 Å². The fraction of sp³-hybridized carbons (Fsp3) is 0.263. The number of benzene rings is 2. The summed E-state index contributed by atoms with van der Waals surface area (Å²) in [5.41, 5.74) is 1.42. The minimum Gasteiger partial charge on any atom is -0.462 e. The van der Waals surface area contributed by atoms with E-state index in [0.29, 0.717) is 6.42 Å². The van der Waals surface area contributed by atoms with Crippen LogP contribution in [-0.2, 0) is 14.8 Å². The molecule has 0 aliphatic carbocycles. The molecule has 0 spiro atoms. The molecule has 2 N–H and O–H groups in total. The van der Waals surface area contributed by atoms with Crippen molar-refractivity contribution in [1.29, 1.82) is 0 Å². The van der Waals surface area contributed by atoms with Crippen molar-refractivity contribution < 1.29 is 22.7 Å². The summed E-state index contributed by atoms with van der Waals surface area (Å²) in [5.74, 6) is 0.202. The molecule has 7 nitrogen and oxygen atoms in total. The van der Waals surface area contributed by atoms with Crippen molar-refractivity contribution in [2.75, 3.05) is 17.7 Å². The van der Waals surface area contributed by atoms with Crippen molar-refractivity contribution in [2.45, 2.75) is 24.7 Å². The maximum absolute atomic E-state index is 12.2. The molecule has 2 aromatic carbocycles. The monoisotopic (exact) mass is 422 g/mol. The first-order valence-electron chi connectivity index (χ1n) is 8.60. The lowest BCUT2D eigenvalue weighted by atomic mass is 10.2. The van der Waals surface area contributed by atoms with E-state index in [2.05, 4.69) is 17.9 Å². The fourth-order valence-electron chi connectivity index (χ4n) is 2.24. The number of aryl methyl sites for hydroxylation is 1. The average Bonchev–Trinajstić information content (AvgIpc) is 2.65. The molecule has 0 bridgehead atoms. The van der Waals surface area contributed by atoms with E-state index in [4.69, 9.17) is 4.74 Å². The Morgan fingerprint density at radius 3 is 2.46 bits per heavy atom. The predicted octanol–water partition coefficient (Wildman–Crippen LogP) is 3.37. The number of esters is 1. The van der Waals surface area contributed by atoms with Gasteiger partial charge in [0.2, 0.25) is 0 Å². The summed E-state index contributed by atoms with van der Waals surface area (Å²) >= 11 is 4.09. The molecule has 0 saturated carbocycles. The molecule has 0 aliphatic rings. The third-order valence-electron chi connectivity index (χ3n) is 3.70. The fourth-order valence-corrected chi connectivity index (χ4v) is 3.37. The van der Waals surface area contributed by atoms with Crippen molar-refractivity contribution >= 4 is 40.3 Å². The number of ether oxygens (including phenoxy) is 1. The molecule has 28 heavy (non-hydrogen) atoms. The quantitative estimate of drug-likeness (QED) is 0.344. The molecule has 0 heterocycles. The molecule has 0 saturated heterocycles. The Morgan fingerprint density at radius 2 is 1.79 bits per heavy atom. The summed E-state index contributed by atoms with van der Waals surface area (Å²) in [6, 6.07) is 11.2. The molecule has 2 aromatic rings. The number of anilines is 1. The van der Waals surface area contributed by atoms with Crippen molar-refractivity contribution in [2.24, 2.45) is 0 Å². The third kappa shape index (κ3) is 6.58. The van der Waals surface area contributed by atoms with Gasteiger partial charge in [0, 0.05) is 5.69 Å². The minimum absolute atomic E-state index is 0.0215. The van der Waals surface area contributed by atoms with Crippen LogP contribution in [0.1, 0.15) is 28.8 Å². The van der Waals surface area contributed by atoms with E-state index in [9.17, 15) is 18.0 Å². The van der Waals surface area contributed by atoms with Gasteiger partial charge in [-0.25, -0.2) is 22.7 Å². The summed E-state index contributed by atoms with van der Waals surface area (Å²) in [4.78, 5) is 24.1. The van der Waals surface area contributed by atoms with Crippen molar-refractivity contribution in [1.82, 2.24) is 4.72 Å². The highest BCUT2D eigenvalue weighted by molar-refractivity contribution is 7.90. The Labute approximate surface area is 169 Å². The lowest BCUT2D eigenvalue weighted by Crippen LogP contribution is -2.34. The van der Waals surface area contributed by atoms with E-state index in [0.717, 1.165) is 17.7 Å². The first kappa shape index (κ1) is 21.8. The van der Waals surface area contributed by atoms with Crippen LogP contribution in [0.25, 0.3) is 0 Å². The number of hydrogen-bond acceptors (Lipinski definition) is 6. The molecule has 9 heteroatoms. The second-order valence-corrected chi connectivity index (χ2v) is 8.15. The number of unbranched alkanes of at least 4 members (excludes halogenated alkanes) is 1. The number of thiol groups is 1. The van der Waals surface area contributed by atoms with Crippen LogP contribution in [0.15, 0.2) is 53.4 Å². The molecule has 0 aromatic heterocycles. The van der Waals surface area contributed by atoms with E-state index < -0.39 is 22.0 Å². The Bertz CT molecular complexity index is 928. The third-order valence-corrected chi connectivity index (χ3v) is 5.36. The second-order valence-electron chi connectivity index (χ2n) is 6.02. The molecule has 2 amide bonds. The van der Waals surface area contributed by atoms with Gasteiger partial charge in [-0.05, 0) is 55.9 Å². The van der Waals surface area contributed by atoms with Gasteiger partial charge in [-0.1, -0.05) is 23.8 Å². The number of rotatable bonds is 8. The highest BCUT2D eigenvalue weighted by Crippen LogP contribution is 2.13. The van der Waals surface area contributed by atoms with Gasteiger partial charge in [0.05, 0.1) is 17.1 Å². The van der Waals surface area contributed by atoms with Gasteiger partial charge in [-0.15, -0.1) is 0 Å². The Kier molecular flexibility index (Phi) is 7.89. The molecular formula is C19H22N2O5S2. The Morgan fingerprint density at radius 1 is 1.07 bits per heavy atom. The lowest BCUT2D eigenvalue weighted by molar-refractivity contribution is 0.0500. The molecule has 0 unspecified atom stereocenters. The van der Waals surface area contributed by atoms with E-state index in [1.165, 1.54) is 24.3 Å².